The Morgan fingerprint density at radius 2 is 1.55 bits per heavy atom. The summed E-state index contributed by atoms with van der Waals surface area (Å²) in [6, 6.07) is 26.2. The smallest absolute Gasteiger partial charge is 0.290 e. The van der Waals surface area contributed by atoms with Gasteiger partial charge in [0.15, 0.2) is 0 Å². The molecule has 0 bridgehead atoms. The summed E-state index contributed by atoms with van der Waals surface area (Å²) < 4.78 is 11.9. The van der Waals surface area contributed by atoms with Gasteiger partial charge in [-0.2, -0.15) is 0 Å². The molecule has 0 spiro atoms. The van der Waals surface area contributed by atoms with E-state index < -0.39 is 5.72 Å². The monoisotopic (exact) mass is 382 g/mol. The Bertz CT molecular complexity index is 1100. The molecule has 0 radical (unpaired) electrons. The van der Waals surface area contributed by atoms with Crippen LogP contribution in [0.15, 0.2) is 84.4 Å². The summed E-state index contributed by atoms with van der Waals surface area (Å²) in [5.74, 6) is 8.41. The van der Waals surface area contributed by atoms with Gasteiger partial charge in [0.2, 0.25) is 0 Å². The van der Waals surface area contributed by atoms with Gasteiger partial charge >= 0.3 is 0 Å². The fraction of sp³-hybridized carbons (Fsp3) is 0.154. The molecule has 1 aliphatic heterocycles. The van der Waals surface area contributed by atoms with Gasteiger partial charge in [0.05, 0.1) is 25.3 Å². The molecule has 0 amide bonds. The van der Waals surface area contributed by atoms with Crippen LogP contribution in [0.4, 0.5) is 0 Å². The summed E-state index contributed by atoms with van der Waals surface area (Å²) in [5, 5.41) is 2.10. The van der Waals surface area contributed by atoms with Crippen LogP contribution >= 0.6 is 0 Å². The molecule has 2 N–H and O–H groups in total. The zero-order valence-electron chi connectivity index (χ0n) is 16.9. The van der Waals surface area contributed by atoms with Crippen LogP contribution in [0, 0.1) is 11.8 Å². The lowest BCUT2D eigenvalue weighted by molar-refractivity contribution is -0.739. The Morgan fingerprint density at radius 1 is 0.862 bits per heavy atom. The van der Waals surface area contributed by atoms with Gasteiger partial charge in [0, 0.05) is 16.7 Å². The SMILES string of the molecule is C[NH2+][C@]1(c2ccc(OC)cc2)Oc2ccccc2C(C#Cc2ccccc2)=C1C. The predicted molar refractivity (Wildman–Crippen MR) is 116 cm³/mol. The van der Waals surface area contributed by atoms with Gasteiger partial charge in [-0.1, -0.05) is 42.2 Å². The zero-order chi connectivity index (χ0) is 20.3. The lowest BCUT2D eigenvalue weighted by Crippen LogP contribution is -2.94. The Hall–Kier alpha value is -3.48. The number of benzene rings is 3. The van der Waals surface area contributed by atoms with Crippen LogP contribution in [0.5, 0.6) is 11.5 Å². The second-order valence-electron chi connectivity index (χ2n) is 6.97. The molecule has 144 valence electrons. The van der Waals surface area contributed by atoms with Crippen LogP contribution < -0.4 is 14.8 Å². The number of methoxy groups -OCH3 is 1. The van der Waals surface area contributed by atoms with Crippen molar-refractivity contribution in [3.05, 3.63) is 101 Å². The first-order valence-electron chi connectivity index (χ1n) is 9.70. The first-order valence-corrected chi connectivity index (χ1v) is 9.70. The first-order chi connectivity index (χ1) is 14.2. The van der Waals surface area contributed by atoms with E-state index >= 15 is 0 Å². The molecule has 3 aromatic carbocycles. The second kappa shape index (κ2) is 7.87. The quantitative estimate of drug-likeness (QED) is 0.696. The number of rotatable bonds is 3. The minimum Gasteiger partial charge on any atom is -0.497 e. The van der Waals surface area contributed by atoms with E-state index in [9.17, 15) is 0 Å². The van der Waals surface area contributed by atoms with E-state index in [4.69, 9.17) is 9.47 Å². The molecule has 0 aliphatic carbocycles. The molecule has 0 saturated heterocycles. The lowest BCUT2D eigenvalue weighted by atomic mass is 9.85. The normalized spacial score (nSPS) is 17.6. The Morgan fingerprint density at radius 3 is 2.24 bits per heavy atom. The van der Waals surface area contributed by atoms with Gasteiger partial charge in [0.25, 0.3) is 5.72 Å². The van der Waals surface area contributed by atoms with E-state index in [0.29, 0.717) is 0 Å². The van der Waals surface area contributed by atoms with E-state index in [0.717, 1.165) is 39.3 Å². The molecule has 3 heteroatoms. The van der Waals surface area contributed by atoms with Crippen molar-refractivity contribution in [2.75, 3.05) is 14.2 Å². The summed E-state index contributed by atoms with van der Waals surface area (Å²) in [6.07, 6.45) is 0. The van der Waals surface area contributed by atoms with Crippen LogP contribution in [0.2, 0.25) is 0 Å². The van der Waals surface area contributed by atoms with Crippen LogP contribution in [-0.4, -0.2) is 14.2 Å². The maximum atomic E-state index is 6.60. The van der Waals surface area contributed by atoms with Crippen LogP contribution in [0.1, 0.15) is 23.6 Å². The van der Waals surface area contributed by atoms with Crippen molar-refractivity contribution in [1.29, 1.82) is 0 Å². The highest BCUT2D eigenvalue weighted by Gasteiger charge is 2.45. The van der Waals surface area contributed by atoms with Crippen LogP contribution in [0.3, 0.4) is 0 Å². The van der Waals surface area contributed by atoms with Crippen molar-refractivity contribution in [2.45, 2.75) is 12.6 Å². The van der Waals surface area contributed by atoms with E-state index in [2.05, 4.69) is 42.3 Å². The highest BCUT2D eigenvalue weighted by atomic mass is 16.5. The third-order valence-electron chi connectivity index (χ3n) is 5.39. The van der Waals surface area contributed by atoms with Crippen molar-refractivity contribution in [3.8, 4) is 23.3 Å². The van der Waals surface area contributed by atoms with E-state index in [1.165, 1.54) is 0 Å². The molecule has 0 unspecified atom stereocenters. The average Bonchev–Trinajstić information content (AvgIpc) is 2.79. The number of allylic oxidation sites excluding steroid dienone is 1. The maximum Gasteiger partial charge on any atom is 0.290 e. The minimum atomic E-state index is -0.679. The summed E-state index contributed by atoms with van der Waals surface area (Å²) >= 11 is 0. The fourth-order valence-electron chi connectivity index (χ4n) is 3.77. The molecular weight excluding hydrogens is 358 g/mol. The second-order valence-corrected chi connectivity index (χ2v) is 6.97. The van der Waals surface area contributed by atoms with Gasteiger partial charge in [-0.05, 0) is 55.5 Å². The molecule has 4 rings (SSSR count). The first kappa shape index (κ1) is 18.9. The number of ether oxygens (including phenoxy) is 2. The highest BCUT2D eigenvalue weighted by Crippen LogP contribution is 2.42. The van der Waals surface area contributed by atoms with Gasteiger partial charge in [-0.15, -0.1) is 0 Å². The van der Waals surface area contributed by atoms with Crippen molar-refractivity contribution in [3.63, 3.8) is 0 Å². The van der Waals surface area contributed by atoms with Crippen molar-refractivity contribution < 1.29 is 14.8 Å². The van der Waals surface area contributed by atoms with Crippen molar-refractivity contribution in [2.24, 2.45) is 0 Å². The number of quaternary nitrogens is 1. The lowest BCUT2D eigenvalue weighted by Gasteiger charge is -2.36. The number of nitrogens with two attached hydrogens (primary N) is 1. The summed E-state index contributed by atoms with van der Waals surface area (Å²) in [5.41, 5.74) is 4.47. The number of likely N-dealkylation sites (N-methyl/N-ethyl adjacent to an activating group) is 1. The number of para-hydroxylation sites is 1. The van der Waals surface area contributed by atoms with Gasteiger partial charge in [-0.25, -0.2) is 0 Å². The zero-order valence-corrected chi connectivity index (χ0v) is 16.9. The topological polar surface area (TPSA) is 35.1 Å². The molecule has 0 saturated carbocycles. The average molecular weight is 382 g/mol. The summed E-state index contributed by atoms with van der Waals surface area (Å²) in [7, 11) is 3.70. The fourth-order valence-corrected chi connectivity index (χ4v) is 3.77. The maximum absolute atomic E-state index is 6.60. The third-order valence-corrected chi connectivity index (χ3v) is 5.39. The molecule has 0 aromatic heterocycles. The minimum absolute atomic E-state index is 0.679. The van der Waals surface area contributed by atoms with Crippen LogP contribution in [0.25, 0.3) is 5.57 Å². The Balaban J connectivity index is 1.90. The van der Waals surface area contributed by atoms with E-state index in [1.54, 1.807) is 7.11 Å². The molecule has 1 atom stereocenters. The number of hydrogen-bond donors (Lipinski definition) is 1. The molecule has 1 aliphatic rings. The van der Waals surface area contributed by atoms with Crippen molar-refractivity contribution >= 4 is 5.57 Å². The third kappa shape index (κ3) is 3.40. The van der Waals surface area contributed by atoms with Crippen LogP contribution in [-0.2, 0) is 5.72 Å². The molecule has 1 heterocycles. The molecular formula is C26H24NO2+. The molecule has 29 heavy (non-hydrogen) atoms. The number of hydrogen-bond acceptors (Lipinski definition) is 2. The van der Waals surface area contributed by atoms with Gasteiger partial charge < -0.3 is 14.8 Å². The molecule has 3 nitrogen and oxygen atoms in total. The summed E-state index contributed by atoms with van der Waals surface area (Å²) in [6.45, 7) is 2.11. The van der Waals surface area contributed by atoms with Crippen molar-refractivity contribution in [1.82, 2.24) is 0 Å². The standard InChI is InChI=1S/C26H23NO2/c1-19-23(18-13-20-9-5-4-6-10-20)24-11-7-8-12-25(24)29-26(19,27-2)21-14-16-22(28-3)17-15-21/h4-12,14-17,27H,1-3H3/p+1/t26-/m0/s1. The Labute approximate surface area is 172 Å². The molecule has 0 fully saturated rings. The van der Waals surface area contributed by atoms with Gasteiger partial charge in [-0.3, -0.25) is 0 Å². The summed E-state index contributed by atoms with van der Waals surface area (Å²) in [4.78, 5) is 0. The largest absolute Gasteiger partial charge is 0.497 e. The van der Waals surface area contributed by atoms with E-state index in [1.807, 2.05) is 67.7 Å². The Kier molecular flexibility index (Phi) is 5.12. The number of fused-ring (bicyclic) bond motifs is 1. The van der Waals surface area contributed by atoms with Gasteiger partial charge in [0.1, 0.15) is 11.5 Å². The predicted octanol–water partition coefficient (Wildman–Crippen LogP) is 3.96. The highest BCUT2D eigenvalue weighted by molar-refractivity contribution is 5.87. The molecule has 3 aromatic rings. The van der Waals surface area contributed by atoms with E-state index in [-0.39, 0.29) is 0 Å².